The Hall–Kier alpha value is -1.90. The standard InChI is InChI=1S/C14H19N3O2/c1-2-10-19-11-8-14(18)17-13-7-3-5-12(16-13)6-4-9-15/h3,5,7H,2,8-11,15H2,1H3,(H,16,17,18). The number of carbonyl (C=O) groups excluding carboxylic acids is 1. The van der Waals surface area contributed by atoms with E-state index in [1.165, 1.54) is 0 Å². The minimum absolute atomic E-state index is 0.118. The molecule has 1 heterocycles. The second-order valence-corrected chi connectivity index (χ2v) is 3.82. The van der Waals surface area contributed by atoms with E-state index in [0.717, 1.165) is 6.42 Å². The van der Waals surface area contributed by atoms with Crippen LogP contribution in [-0.2, 0) is 9.53 Å². The predicted molar refractivity (Wildman–Crippen MR) is 74.5 cm³/mol. The molecule has 0 spiro atoms. The Labute approximate surface area is 113 Å². The smallest absolute Gasteiger partial charge is 0.227 e. The predicted octanol–water partition coefficient (Wildman–Crippen LogP) is 1.15. The van der Waals surface area contributed by atoms with Crippen molar-refractivity contribution in [2.75, 3.05) is 25.1 Å². The van der Waals surface area contributed by atoms with Gasteiger partial charge in [-0.1, -0.05) is 18.9 Å². The Balaban J connectivity index is 2.45. The molecule has 1 amide bonds. The van der Waals surface area contributed by atoms with Gasteiger partial charge in [0.2, 0.25) is 5.91 Å². The van der Waals surface area contributed by atoms with Gasteiger partial charge in [-0.3, -0.25) is 4.79 Å². The van der Waals surface area contributed by atoms with Crippen molar-refractivity contribution in [3.8, 4) is 11.8 Å². The molecule has 102 valence electrons. The normalized spacial score (nSPS) is 9.58. The molecule has 3 N–H and O–H groups in total. The number of amides is 1. The molecular weight excluding hydrogens is 242 g/mol. The van der Waals surface area contributed by atoms with Crippen LogP contribution in [0.2, 0.25) is 0 Å². The van der Waals surface area contributed by atoms with E-state index in [1.807, 2.05) is 6.92 Å². The number of nitrogens with zero attached hydrogens (tertiary/aromatic N) is 1. The highest BCUT2D eigenvalue weighted by molar-refractivity contribution is 5.89. The van der Waals surface area contributed by atoms with Gasteiger partial charge < -0.3 is 15.8 Å². The number of nitrogens with two attached hydrogens (primary N) is 1. The second kappa shape index (κ2) is 9.09. The van der Waals surface area contributed by atoms with Crippen molar-refractivity contribution in [3.63, 3.8) is 0 Å². The summed E-state index contributed by atoms with van der Waals surface area (Å²) in [6.07, 6.45) is 1.27. The highest BCUT2D eigenvalue weighted by Gasteiger charge is 2.03. The molecule has 0 saturated carbocycles. The number of hydrogen-bond donors (Lipinski definition) is 2. The lowest BCUT2D eigenvalue weighted by Crippen LogP contribution is -2.15. The van der Waals surface area contributed by atoms with Crippen LogP contribution in [0.1, 0.15) is 25.5 Å². The zero-order chi connectivity index (χ0) is 13.9. The minimum Gasteiger partial charge on any atom is -0.381 e. The third-order valence-corrected chi connectivity index (χ3v) is 2.16. The molecule has 1 aromatic heterocycles. The van der Waals surface area contributed by atoms with Gasteiger partial charge in [0.1, 0.15) is 11.5 Å². The van der Waals surface area contributed by atoms with Gasteiger partial charge in [-0.25, -0.2) is 4.98 Å². The summed E-state index contributed by atoms with van der Waals surface area (Å²) < 4.78 is 5.25. The molecule has 19 heavy (non-hydrogen) atoms. The number of carbonyl (C=O) groups is 1. The maximum Gasteiger partial charge on any atom is 0.227 e. The molecule has 0 aliphatic heterocycles. The first-order chi connectivity index (χ1) is 9.26. The SMILES string of the molecule is CCCOCCC(=O)Nc1cccc(C#CCN)n1. The summed E-state index contributed by atoms with van der Waals surface area (Å²) in [5.41, 5.74) is 5.88. The van der Waals surface area contributed by atoms with Crippen LogP contribution in [-0.4, -0.2) is 30.6 Å². The molecule has 0 unspecified atom stereocenters. The van der Waals surface area contributed by atoms with Crippen LogP contribution in [0, 0.1) is 11.8 Å². The first-order valence-corrected chi connectivity index (χ1v) is 6.30. The van der Waals surface area contributed by atoms with E-state index in [-0.39, 0.29) is 12.5 Å². The molecular formula is C14H19N3O2. The summed E-state index contributed by atoms with van der Waals surface area (Å²) in [6, 6.07) is 5.28. The lowest BCUT2D eigenvalue weighted by molar-refractivity contribution is -0.117. The van der Waals surface area contributed by atoms with E-state index >= 15 is 0 Å². The Morgan fingerprint density at radius 1 is 1.47 bits per heavy atom. The van der Waals surface area contributed by atoms with Gasteiger partial charge in [-0.05, 0) is 24.5 Å². The molecule has 0 radical (unpaired) electrons. The number of anilines is 1. The summed E-state index contributed by atoms with van der Waals surface area (Å²) in [5, 5.41) is 2.71. The summed E-state index contributed by atoms with van der Waals surface area (Å²) in [7, 11) is 0. The fraction of sp³-hybridized carbons (Fsp3) is 0.429. The van der Waals surface area contributed by atoms with Crippen molar-refractivity contribution in [3.05, 3.63) is 23.9 Å². The molecule has 0 atom stereocenters. The highest BCUT2D eigenvalue weighted by atomic mass is 16.5. The number of aromatic nitrogens is 1. The third kappa shape index (κ3) is 6.55. The van der Waals surface area contributed by atoms with Crippen molar-refractivity contribution < 1.29 is 9.53 Å². The summed E-state index contributed by atoms with van der Waals surface area (Å²) in [6.45, 7) is 3.41. The third-order valence-electron chi connectivity index (χ3n) is 2.16. The maximum absolute atomic E-state index is 11.6. The molecule has 1 aromatic rings. The van der Waals surface area contributed by atoms with E-state index in [2.05, 4.69) is 22.1 Å². The average molecular weight is 261 g/mol. The molecule has 0 aliphatic carbocycles. The van der Waals surface area contributed by atoms with Crippen LogP contribution in [0.3, 0.4) is 0 Å². The number of nitrogens with one attached hydrogen (secondary N) is 1. The average Bonchev–Trinajstić information content (AvgIpc) is 2.42. The molecule has 5 nitrogen and oxygen atoms in total. The van der Waals surface area contributed by atoms with Gasteiger partial charge >= 0.3 is 0 Å². The molecule has 0 fully saturated rings. The van der Waals surface area contributed by atoms with E-state index in [1.54, 1.807) is 18.2 Å². The van der Waals surface area contributed by atoms with Crippen molar-refractivity contribution >= 4 is 11.7 Å². The van der Waals surface area contributed by atoms with Crippen molar-refractivity contribution in [2.24, 2.45) is 5.73 Å². The Kier molecular flexibility index (Phi) is 7.25. The van der Waals surface area contributed by atoms with Gasteiger partial charge in [0.25, 0.3) is 0 Å². The molecule has 0 bridgehead atoms. The lowest BCUT2D eigenvalue weighted by atomic mass is 10.3. The first kappa shape index (κ1) is 15.2. The summed E-state index contributed by atoms with van der Waals surface area (Å²) in [5.74, 6) is 5.90. The van der Waals surface area contributed by atoms with Crippen molar-refractivity contribution in [1.82, 2.24) is 4.98 Å². The van der Waals surface area contributed by atoms with Crippen LogP contribution in [0.25, 0.3) is 0 Å². The first-order valence-electron chi connectivity index (χ1n) is 6.30. The van der Waals surface area contributed by atoms with Gasteiger partial charge in [0.05, 0.1) is 19.6 Å². The molecule has 0 aliphatic rings. The van der Waals surface area contributed by atoms with Crippen LogP contribution in [0.15, 0.2) is 18.2 Å². The zero-order valence-corrected chi connectivity index (χ0v) is 11.1. The quantitative estimate of drug-likeness (QED) is 0.595. The molecule has 1 rings (SSSR count). The molecule has 5 heteroatoms. The largest absolute Gasteiger partial charge is 0.381 e. The van der Waals surface area contributed by atoms with E-state index < -0.39 is 0 Å². The van der Waals surface area contributed by atoms with Crippen LogP contribution in [0.4, 0.5) is 5.82 Å². The maximum atomic E-state index is 11.6. The fourth-order valence-electron chi connectivity index (χ4n) is 1.33. The Bertz CT molecular complexity index is 463. The van der Waals surface area contributed by atoms with Gasteiger partial charge in [0, 0.05) is 6.61 Å². The lowest BCUT2D eigenvalue weighted by Gasteiger charge is -2.05. The zero-order valence-electron chi connectivity index (χ0n) is 11.1. The summed E-state index contributed by atoms with van der Waals surface area (Å²) in [4.78, 5) is 15.8. The second-order valence-electron chi connectivity index (χ2n) is 3.82. The topological polar surface area (TPSA) is 77.2 Å². The Morgan fingerprint density at radius 2 is 2.32 bits per heavy atom. The summed E-state index contributed by atoms with van der Waals surface area (Å²) >= 11 is 0. The van der Waals surface area contributed by atoms with Crippen molar-refractivity contribution in [2.45, 2.75) is 19.8 Å². The monoisotopic (exact) mass is 261 g/mol. The van der Waals surface area contributed by atoms with Gasteiger partial charge in [-0.15, -0.1) is 0 Å². The number of pyridine rings is 1. The number of rotatable bonds is 6. The van der Waals surface area contributed by atoms with E-state index in [9.17, 15) is 4.79 Å². The number of hydrogen-bond acceptors (Lipinski definition) is 4. The highest BCUT2D eigenvalue weighted by Crippen LogP contribution is 2.04. The fourth-order valence-corrected chi connectivity index (χ4v) is 1.33. The number of ether oxygens (including phenoxy) is 1. The molecule has 0 saturated heterocycles. The van der Waals surface area contributed by atoms with E-state index in [0.29, 0.717) is 31.1 Å². The van der Waals surface area contributed by atoms with Crippen LogP contribution in [0.5, 0.6) is 0 Å². The van der Waals surface area contributed by atoms with E-state index in [4.69, 9.17) is 10.5 Å². The Morgan fingerprint density at radius 3 is 3.05 bits per heavy atom. The minimum atomic E-state index is -0.118. The van der Waals surface area contributed by atoms with Gasteiger partial charge in [-0.2, -0.15) is 0 Å². The van der Waals surface area contributed by atoms with Crippen molar-refractivity contribution in [1.29, 1.82) is 0 Å². The van der Waals surface area contributed by atoms with Crippen LogP contribution >= 0.6 is 0 Å². The van der Waals surface area contributed by atoms with Gasteiger partial charge in [0.15, 0.2) is 0 Å². The molecule has 0 aromatic carbocycles. The van der Waals surface area contributed by atoms with Crippen LogP contribution < -0.4 is 11.1 Å².